The molecular weight excluding hydrogens is 216 g/mol. The number of hydrogen-bond acceptors (Lipinski definition) is 5. The SMILES string of the molecule is CCNc1cncc(NC(C)C2CCCO2)n1. The minimum absolute atomic E-state index is 0.267. The number of ether oxygens (including phenoxy) is 1. The molecule has 5 nitrogen and oxygen atoms in total. The van der Waals surface area contributed by atoms with Crippen molar-refractivity contribution in [2.75, 3.05) is 23.8 Å². The summed E-state index contributed by atoms with van der Waals surface area (Å²) in [5, 5.41) is 6.49. The maximum atomic E-state index is 5.64. The van der Waals surface area contributed by atoms with Gasteiger partial charge in [0.15, 0.2) is 0 Å². The highest BCUT2D eigenvalue weighted by Gasteiger charge is 2.22. The van der Waals surface area contributed by atoms with Crippen LogP contribution in [-0.2, 0) is 4.74 Å². The monoisotopic (exact) mass is 236 g/mol. The second-order valence-electron chi connectivity index (χ2n) is 4.30. The van der Waals surface area contributed by atoms with Gasteiger partial charge in [-0.3, -0.25) is 4.98 Å². The maximum absolute atomic E-state index is 5.64. The van der Waals surface area contributed by atoms with E-state index in [0.29, 0.717) is 6.10 Å². The molecule has 0 aromatic carbocycles. The Morgan fingerprint density at radius 2 is 2.29 bits per heavy atom. The molecule has 94 valence electrons. The van der Waals surface area contributed by atoms with Gasteiger partial charge in [-0.2, -0.15) is 0 Å². The molecule has 0 radical (unpaired) electrons. The fraction of sp³-hybridized carbons (Fsp3) is 0.667. The average molecular weight is 236 g/mol. The van der Waals surface area contributed by atoms with E-state index >= 15 is 0 Å². The fourth-order valence-corrected chi connectivity index (χ4v) is 2.02. The molecule has 0 amide bonds. The molecule has 1 aromatic rings. The number of anilines is 2. The largest absolute Gasteiger partial charge is 0.376 e. The third-order valence-corrected chi connectivity index (χ3v) is 2.89. The lowest BCUT2D eigenvalue weighted by atomic mass is 10.1. The number of aromatic nitrogens is 2. The van der Waals surface area contributed by atoms with Gasteiger partial charge in [0.25, 0.3) is 0 Å². The highest BCUT2D eigenvalue weighted by Crippen LogP contribution is 2.18. The van der Waals surface area contributed by atoms with Gasteiger partial charge in [-0.15, -0.1) is 0 Å². The van der Waals surface area contributed by atoms with Crippen molar-refractivity contribution in [3.05, 3.63) is 12.4 Å². The molecule has 2 rings (SSSR count). The van der Waals surface area contributed by atoms with Gasteiger partial charge in [0.1, 0.15) is 11.6 Å². The van der Waals surface area contributed by atoms with Gasteiger partial charge in [0.2, 0.25) is 0 Å². The van der Waals surface area contributed by atoms with E-state index in [1.807, 2.05) is 6.92 Å². The van der Waals surface area contributed by atoms with Crippen LogP contribution in [0.3, 0.4) is 0 Å². The van der Waals surface area contributed by atoms with E-state index in [9.17, 15) is 0 Å². The van der Waals surface area contributed by atoms with E-state index < -0.39 is 0 Å². The summed E-state index contributed by atoms with van der Waals surface area (Å²) in [5.41, 5.74) is 0. The van der Waals surface area contributed by atoms with Crippen LogP contribution < -0.4 is 10.6 Å². The van der Waals surface area contributed by atoms with Crippen LogP contribution in [0.15, 0.2) is 12.4 Å². The van der Waals surface area contributed by atoms with Gasteiger partial charge < -0.3 is 15.4 Å². The van der Waals surface area contributed by atoms with Gasteiger partial charge in [0, 0.05) is 13.2 Å². The quantitative estimate of drug-likeness (QED) is 0.817. The molecule has 2 heterocycles. The average Bonchev–Trinajstić information content (AvgIpc) is 2.83. The summed E-state index contributed by atoms with van der Waals surface area (Å²) in [6.45, 7) is 5.88. The van der Waals surface area contributed by atoms with Crippen molar-refractivity contribution in [3.8, 4) is 0 Å². The molecule has 0 spiro atoms. The van der Waals surface area contributed by atoms with Crippen molar-refractivity contribution in [1.82, 2.24) is 9.97 Å². The highest BCUT2D eigenvalue weighted by atomic mass is 16.5. The number of nitrogens with zero attached hydrogens (tertiary/aromatic N) is 2. The van der Waals surface area contributed by atoms with Crippen LogP contribution in [0.25, 0.3) is 0 Å². The molecule has 0 aliphatic carbocycles. The van der Waals surface area contributed by atoms with E-state index in [2.05, 4.69) is 27.5 Å². The van der Waals surface area contributed by atoms with Gasteiger partial charge in [-0.25, -0.2) is 4.98 Å². The first kappa shape index (κ1) is 12.1. The molecule has 1 aliphatic heterocycles. The van der Waals surface area contributed by atoms with Gasteiger partial charge in [0.05, 0.1) is 24.5 Å². The molecular formula is C12H20N4O. The molecule has 1 fully saturated rings. The third kappa shape index (κ3) is 3.30. The Morgan fingerprint density at radius 1 is 1.47 bits per heavy atom. The normalized spacial score (nSPS) is 21.2. The number of rotatable bonds is 5. The van der Waals surface area contributed by atoms with Gasteiger partial charge in [-0.05, 0) is 26.7 Å². The summed E-state index contributed by atoms with van der Waals surface area (Å²) in [6.07, 6.45) is 6.03. The van der Waals surface area contributed by atoms with Gasteiger partial charge in [-0.1, -0.05) is 0 Å². The molecule has 1 aromatic heterocycles. The molecule has 2 N–H and O–H groups in total. The minimum Gasteiger partial charge on any atom is -0.376 e. The van der Waals surface area contributed by atoms with E-state index in [-0.39, 0.29) is 6.04 Å². The summed E-state index contributed by atoms with van der Waals surface area (Å²) in [6, 6.07) is 0.267. The van der Waals surface area contributed by atoms with Crippen molar-refractivity contribution < 1.29 is 4.74 Å². The van der Waals surface area contributed by atoms with Crippen LogP contribution in [0.2, 0.25) is 0 Å². The second kappa shape index (κ2) is 5.82. The number of nitrogens with one attached hydrogen (secondary N) is 2. The van der Waals surface area contributed by atoms with Gasteiger partial charge >= 0.3 is 0 Å². The van der Waals surface area contributed by atoms with Crippen LogP contribution >= 0.6 is 0 Å². The summed E-state index contributed by atoms with van der Waals surface area (Å²) < 4.78 is 5.64. The Labute approximate surface area is 102 Å². The van der Waals surface area contributed by atoms with Crippen molar-refractivity contribution in [2.45, 2.75) is 38.8 Å². The first-order valence-corrected chi connectivity index (χ1v) is 6.23. The van der Waals surface area contributed by atoms with Crippen molar-refractivity contribution >= 4 is 11.6 Å². The highest BCUT2D eigenvalue weighted by molar-refractivity contribution is 5.42. The molecule has 2 atom stereocenters. The Balaban J connectivity index is 1.94. The van der Waals surface area contributed by atoms with Crippen LogP contribution in [-0.4, -0.2) is 35.3 Å². The van der Waals surface area contributed by atoms with Crippen LogP contribution in [0.4, 0.5) is 11.6 Å². The molecule has 1 aliphatic rings. The van der Waals surface area contributed by atoms with E-state index in [0.717, 1.165) is 37.6 Å². The predicted molar refractivity (Wildman–Crippen MR) is 68.3 cm³/mol. The third-order valence-electron chi connectivity index (χ3n) is 2.89. The zero-order valence-electron chi connectivity index (χ0n) is 10.4. The van der Waals surface area contributed by atoms with Crippen LogP contribution in [0.5, 0.6) is 0 Å². The zero-order chi connectivity index (χ0) is 12.1. The first-order chi connectivity index (χ1) is 8.29. The fourth-order valence-electron chi connectivity index (χ4n) is 2.02. The topological polar surface area (TPSA) is 59.1 Å². The van der Waals surface area contributed by atoms with Crippen molar-refractivity contribution in [3.63, 3.8) is 0 Å². The molecule has 0 saturated carbocycles. The lowest BCUT2D eigenvalue weighted by Crippen LogP contribution is -2.30. The summed E-state index contributed by atoms with van der Waals surface area (Å²) in [7, 11) is 0. The number of hydrogen-bond donors (Lipinski definition) is 2. The van der Waals surface area contributed by atoms with Crippen LogP contribution in [0.1, 0.15) is 26.7 Å². The Hall–Kier alpha value is -1.36. The van der Waals surface area contributed by atoms with Crippen molar-refractivity contribution in [1.29, 1.82) is 0 Å². The smallest absolute Gasteiger partial charge is 0.147 e. The summed E-state index contributed by atoms with van der Waals surface area (Å²) in [5.74, 6) is 1.60. The second-order valence-corrected chi connectivity index (χ2v) is 4.30. The Kier molecular flexibility index (Phi) is 4.14. The first-order valence-electron chi connectivity index (χ1n) is 6.23. The van der Waals surface area contributed by atoms with Crippen molar-refractivity contribution in [2.24, 2.45) is 0 Å². The van der Waals surface area contributed by atoms with E-state index in [1.165, 1.54) is 0 Å². The zero-order valence-corrected chi connectivity index (χ0v) is 10.4. The standard InChI is InChI=1S/C12H20N4O/c1-3-14-11-7-13-8-12(16-11)15-9(2)10-5-4-6-17-10/h7-10H,3-6H2,1-2H3,(H2,14,15,16). The lowest BCUT2D eigenvalue weighted by Gasteiger charge is -2.20. The molecule has 2 unspecified atom stereocenters. The maximum Gasteiger partial charge on any atom is 0.147 e. The minimum atomic E-state index is 0.267. The summed E-state index contributed by atoms with van der Waals surface area (Å²) in [4.78, 5) is 8.59. The summed E-state index contributed by atoms with van der Waals surface area (Å²) >= 11 is 0. The van der Waals surface area contributed by atoms with Crippen LogP contribution in [0, 0.1) is 0 Å². The molecule has 5 heteroatoms. The molecule has 0 bridgehead atoms. The predicted octanol–water partition coefficient (Wildman–Crippen LogP) is 1.89. The van der Waals surface area contributed by atoms with E-state index in [1.54, 1.807) is 12.4 Å². The Morgan fingerprint density at radius 3 is 3.00 bits per heavy atom. The molecule has 1 saturated heterocycles. The molecule has 17 heavy (non-hydrogen) atoms. The van der Waals surface area contributed by atoms with E-state index in [4.69, 9.17) is 4.74 Å². The Bertz CT molecular complexity index is 352. The lowest BCUT2D eigenvalue weighted by molar-refractivity contribution is 0.0995.